The van der Waals surface area contributed by atoms with Crippen LogP contribution in [0, 0.1) is 18.8 Å². The average Bonchev–Trinajstić information content (AvgIpc) is 2.99. The summed E-state index contributed by atoms with van der Waals surface area (Å²) < 4.78 is 1.69. The Hall–Kier alpha value is -2.97. The van der Waals surface area contributed by atoms with E-state index in [2.05, 4.69) is 32.6 Å². The lowest BCUT2D eigenvalue weighted by Crippen LogP contribution is -2.49. The van der Waals surface area contributed by atoms with Gasteiger partial charge in [0, 0.05) is 7.05 Å². The molecule has 1 aliphatic carbocycles. The van der Waals surface area contributed by atoms with Crippen LogP contribution in [0.25, 0.3) is 11.5 Å². The molecule has 150 valence electrons. The van der Waals surface area contributed by atoms with Crippen molar-refractivity contribution in [1.82, 2.24) is 25.1 Å². The number of carbonyl (C=O) groups excluding carboxylic acids is 1. The molecule has 1 atom stereocenters. The summed E-state index contributed by atoms with van der Waals surface area (Å²) in [4.78, 5) is 32.6. The number of nitrogens with one attached hydrogen (secondary N) is 2. The summed E-state index contributed by atoms with van der Waals surface area (Å²) in [7, 11) is 1.81. The van der Waals surface area contributed by atoms with Crippen LogP contribution >= 0.6 is 0 Å². The van der Waals surface area contributed by atoms with Gasteiger partial charge in [0.15, 0.2) is 5.82 Å². The van der Waals surface area contributed by atoms with Gasteiger partial charge in [-0.25, -0.2) is 14.8 Å². The largest absolute Gasteiger partial charge is 0.465 e. The highest BCUT2D eigenvalue weighted by Gasteiger charge is 2.32. The summed E-state index contributed by atoms with van der Waals surface area (Å²) in [5, 5.41) is 18.5. The Labute approximate surface area is 163 Å². The van der Waals surface area contributed by atoms with Crippen LogP contribution in [0.3, 0.4) is 0 Å². The highest BCUT2D eigenvalue weighted by Crippen LogP contribution is 2.31. The molecule has 28 heavy (non-hydrogen) atoms. The van der Waals surface area contributed by atoms with Crippen molar-refractivity contribution in [2.75, 3.05) is 5.32 Å². The number of aromatic nitrogens is 4. The average molecular weight is 386 g/mol. The van der Waals surface area contributed by atoms with Gasteiger partial charge in [0.2, 0.25) is 5.91 Å². The van der Waals surface area contributed by atoms with Crippen molar-refractivity contribution >= 4 is 17.7 Å². The van der Waals surface area contributed by atoms with Crippen molar-refractivity contribution in [2.24, 2.45) is 18.9 Å². The van der Waals surface area contributed by atoms with E-state index in [1.807, 2.05) is 14.0 Å². The molecule has 0 spiro atoms. The van der Waals surface area contributed by atoms with Crippen LogP contribution in [0.2, 0.25) is 0 Å². The normalized spacial score (nSPS) is 20.4. The number of hydrogen-bond acceptors (Lipinski definition) is 5. The van der Waals surface area contributed by atoms with E-state index < -0.39 is 12.1 Å². The van der Waals surface area contributed by atoms with Crippen molar-refractivity contribution < 1.29 is 14.7 Å². The number of nitrogens with zero attached hydrogens (tertiary/aromatic N) is 4. The number of carboxylic acid groups (broad SMARTS) is 1. The number of amides is 2. The molecule has 3 N–H and O–H groups in total. The van der Waals surface area contributed by atoms with Crippen molar-refractivity contribution in [3.05, 3.63) is 24.2 Å². The molecular formula is C19H26N6O3. The first-order valence-electron chi connectivity index (χ1n) is 9.46. The molecule has 3 rings (SSSR count). The standard InChI is InChI=1S/C19H26N6O3/c1-11-4-6-13(7-5-11)15(24-19(27)28)18(26)23-14-9-20-17(21-10-14)16-12(2)8-22-25(16)3/h8-11,13,15,24H,4-7H2,1-3H3,(H,23,26)(H,27,28)/t11?,13?,15-/m0/s1. The molecule has 0 radical (unpaired) electrons. The van der Waals surface area contributed by atoms with Crippen LogP contribution in [0.4, 0.5) is 10.5 Å². The second-order valence-corrected chi connectivity index (χ2v) is 7.53. The van der Waals surface area contributed by atoms with Gasteiger partial charge in [-0.05, 0) is 37.2 Å². The number of hydrogen-bond donors (Lipinski definition) is 3. The highest BCUT2D eigenvalue weighted by atomic mass is 16.4. The van der Waals surface area contributed by atoms with Crippen LogP contribution in [-0.4, -0.2) is 42.9 Å². The molecule has 2 aromatic rings. The lowest BCUT2D eigenvalue weighted by Gasteiger charge is -2.31. The fourth-order valence-corrected chi connectivity index (χ4v) is 3.75. The van der Waals surface area contributed by atoms with E-state index in [0.29, 0.717) is 17.4 Å². The van der Waals surface area contributed by atoms with Gasteiger partial charge >= 0.3 is 6.09 Å². The van der Waals surface area contributed by atoms with E-state index in [0.717, 1.165) is 36.9 Å². The van der Waals surface area contributed by atoms with Gasteiger partial charge in [0.1, 0.15) is 11.7 Å². The van der Waals surface area contributed by atoms with E-state index in [4.69, 9.17) is 5.11 Å². The molecular weight excluding hydrogens is 360 g/mol. The monoisotopic (exact) mass is 386 g/mol. The predicted molar refractivity (Wildman–Crippen MR) is 104 cm³/mol. The van der Waals surface area contributed by atoms with Crippen molar-refractivity contribution in [2.45, 2.75) is 45.6 Å². The molecule has 1 aliphatic rings. The lowest BCUT2D eigenvalue weighted by molar-refractivity contribution is -0.119. The number of aryl methyl sites for hydroxylation is 2. The number of carbonyl (C=O) groups is 2. The molecule has 0 aromatic carbocycles. The molecule has 2 amide bonds. The van der Waals surface area contributed by atoms with Crippen molar-refractivity contribution in [3.63, 3.8) is 0 Å². The van der Waals surface area contributed by atoms with Crippen LogP contribution in [-0.2, 0) is 11.8 Å². The summed E-state index contributed by atoms with van der Waals surface area (Å²) in [6, 6.07) is -0.788. The maximum Gasteiger partial charge on any atom is 0.405 e. The Kier molecular flexibility index (Phi) is 5.91. The third kappa shape index (κ3) is 4.47. The van der Waals surface area contributed by atoms with Crippen molar-refractivity contribution in [3.8, 4) is 11.5 Å². The van der Waals surface area contributed by atoms with Gasteiger partial charge < -0.3 is 15.7 Å². The van der Waals surface area contributed by atoms with Gasteiger partial charge in [0.25, 0.3) is 0 Å². The minimum absolute atomic E-state index is 0.00964. The molecule has 2 aromatic heterocycles. The Morgan fingerprint density at radius 2 is 1.82 bits per heavy atom. The van der Waals surface area contributed by atoms with E-state index >= 15 is 0 Å². The van der Waals surface area contributed by atoms with Gasteiger partial charge in [-0.1, -0.05) is 19.8 Å². The zero-order chi connectivity index (χ0) is 20.3. The second kappa shape index (κ2) is 8.37. The molecule has 2 heterocycles. The Balaban J connectivity index is 1.71. The Bertz CT molecular complexity index is 820. The second-order valence-electron chi connectivity index (χ2n) is 7.53. The molecule has 1 fully saturated rings. The van der Waals surface area contributed by atoms with E-state index in [-0.39, 0.29) is 11.8 Å². The highest BCUT2D eigenvalue weighted by molar-refractivity contribution is 5.96. The van der Waals surface area contributed by atoms with Crippen LogP contribution in [0.5, 0.6) is 0 Å². The van der Waals surface area contributed by atoms with Crippen LogP contribution in [0.15, 0.2) is 18.6 Å². The first kappa shape index (κ1) is 19.8. The summed E-state index contributed by atoms with van der Waals surface area (Å²) in [5.74, 6) is 0.734. The number of rotatable bonds is 5. The number of anilines is 1. The smallest absolute Gasteiger partial charge is 0.405 e. The molecule has 9 nitrogen and oxygen atoms in total. The topological polar surface area (TPSA) is 122 Å². The third-order valence-corrected chi connectivity index (χ3v) is 5.35. The van der Waals surface area contributed by atoms with E-state index in [1.54, 1.807) is 10.9 Å². The van der Waals surface area contributed by atoms with E-state index in [1.165, 1.54) is 12.4 Å². The van der Waals surface area contributed by atoms with Gasteiger partial charge in [-0.2, -0.15) is 5.10 Å². The first-order valence-corrected chi connectivity index (χ1v) is 9.46. The molecule has 1 saturated carbocycles. The summed E-state index contributed by atoms with van der Waals surface area (Å²) in [6.07, 6.45) is 7.23. The van der Waals surface area contributed by atoms with Gasteiger partial charge in [-0.3, -0.25) is 9.48 Å². The fraction of sp³-hybridized carbons (Fsp3) is 0.526. The first-order chi connectivity index (χ1) is 13.3. The van der Waals surface area contributed by atoms with E-state index in [9.17, 15) is 9.59 Å². The van der Waals surface area contributed by atoms with Gasteiger partial charge in [0.05, 0.1) is 24.3 Å². The predicted octanol–water partition coefficient (Wildman–Crippen LogP) is 2.59. The summed E-state index contributed by atoms with van der Waals surface area (Å²) in [5.41, 5.74) is 2.19. The Morgan fingerprint density at radius 1 is 1.18 bits per heavy atom. The molecule has 0 aliphatic heterocycles. The fourth-order valence-electron chi connectivity index (χ4n) is 3.75. The quantitative estimate of drug-likeness (QED) is 0.726. The minimum atomic E-state index is -1.20. The summed E-state index contributed by atoms with van der Waals surface area (Å²) >= 11 is 0. The Morgan fingerprint density at radius 3 is 2.36 bits per heavy atom. The maximum absolute atomic E-state index is 12.7. The molecule has 9 heteroatoms. The molecule has 0 unspecified atom stereocenters. The zero-order valence-corrected chi connectivity index (χ0v) is 16.3. The molecule has 0 bridgehead atoms. The lowest BCUT2D eigenvalue weighted by atomic mass is 9.79. The minimum Gasteiger partial charge on any atom is -0.465 e. The maximum atomic E-state index is 12.7. The van der Waals surface area contributed by atoms with Crippen LogP contribution < -0.4 is 10.6 Å². The van der Waals surface area contributed by atoms with Crippen LogP contribution in [0.1, 0.15) is 38.2 Å². The zero-order valence-electron chi connectivity index (χ0n) is 16.3. The molecule has 0 saturated heterocycles. The summed E-state index contributed by atoms with van der Waals surface area (Å²) in [6.45, 7) is 4.10. The van der Waals surface area contributed by atoms with Crippen molar-refractivity contribution in [1.29, 1.82) is 0 Å². The third-order valence-electron chi connectivity index (χ3n) is 5.35. The SMILES string of the molecule is Cc1cnn(C)c1-c1ncc(NC(=O)[C@@H](NC(=O)O)C2CCC(C)CC2)cn1. The van der Waals surface area contributed by atoms with Gasteiger partial charge in [-0.15, -0.1) is 0 Å².